The summed E-state index contributed by atoms with van der Waals surface area (Å²) in [6.45, 7) is 3.67. The molecule has 0 spiro atoms. The van der Waals surface area contributed by atoms with Crippen LogP contribution in [0.15, 0.2) is 41.5 Å². The molecule has 182 valence electrons. The van der Waals surface area contributed by atoms with Crippen LogP contribution in [0.2, 0.25) is 0 Å². The van der Waals surface area contributed by atoms with E-state index in [1.54, 1.807) is 24.1 Å². The first-order chi connectivity index (χ1) is 17.2. The average Bonchev–Trinajstić information content (AvgIpc) is 3.25. The number of aromatic nitrogens is 5. The lowest BCUT2D eigenvalue weighted by Gasteiger charge is -2.38. The fourth-order valence-corrected chi connectivity index (χ4v) is 5.32. The molecule has 35 heavy (non-hydrogen) atoms. The van der Waals surface area contributed by atoms with Gasteiger partial charge in [0.1, 0.15) is 17.0 Å². The fraction of sp³-hybridized carbons (Fsp3) is 0.440. The predicted octanol–water partition coefficient (Wildman–Crippen LogP) is 2.69. The van der Waals surface area contributed by atoms with Gasteiger partial charge in [-0.2, -0.15) is 10.2 Å². The molecule has 0 radical (unpaired) electrons. The number of nitrogens with one attached hydrogen (secondary N) is 1. The quantitative estimate of drug-likeness (QED) is 0.469. The molecule has 0 amide bonds. The Morgan fingerprint density at radius 3 is 2.71 bits per heavy atom. The van der Waals surface area contributed by atoms with Crippen LogP contribution >= 0.6 is 0 Å². The molecule has 4 heterocycles. The maximum Gasteiger partial charge on any atom is 0.332 e. The monoisotopic (exact) mass is 476 g/mol. The molecule has 1 N–H and O–H groups in total. The molecule has 1 aliphatic carbocycles. The molecule has 10 nitrogen and oxygen atoms in total. The van der Waals surface area contributed by atoms with Crippen LogP contribution in [-0.2, 0) is 4.74 Å². The van der Waals surface area contributed by atoms with Gasteiger partial charge in [0.15, 0.2) is 5.65 Å². The van der Waals surface area contributed by atoms with E-state index in [1.807, 2.05) is 24.3 Å². The van der Waals surface area contributed by atoms with Crippen LogP contribution in [-0.4, -0.2) is 75.2 Å². The van der Waals surface area contributed by atoms with Crippen LogP contribution in [0.3, 0.4) is 0 Å². The summed E-state index contributed by atoms with van der Waals surface area (Å²) in [5, 5.41) is 8.90. The van der Waals surface area contributed by atoms with Crippen molar-refractivity contribution < 1.29 is 14.2 Å². The number of fused-ring (bicyclic) bond motifs is 2. The van der Waals surface area contributed by atoms with Crippen LogP contribution in [0.5, 0.6) is 11.5 Å². The third kappa shape index (κ3) is 4.12. The highest BCUT2D eigenvalue weighted by Crippen LogP contribution is 2.32. The first kappa shape index (κ1) is 22.0. The number of pyridine rings is 1. The zero-order valence-electron chi connectivity index (χ0n) is 19.6. The van der Waals surface area contributed by atoms with Crippen molar-refractivity contribution in [2.24, 2.45) is 0 Å². The molecule has 1 aliphatic heterocycles. The lowest BCUT2D eigenvalue weighted by molar-refractivity contribution is -0.000937. The Balaban J connectivity index is 1.31. The van der Waals surface area contributed by atoms with Gasteiger partial charge in [0.2, 0.25) is 0 Å². The van der Waals surface area contributed by atoms with Gasteiger partial charge in [-0.15, -0.1) is 0 Å². The average molecular weight is 477 g/mol. The number of hydrogen-bond donors (Lipinski definition) is 1. The van der Waals surface area contributed by atoms with Gasteiger partial charge in [-0.3, -0.25) is 14.5 Å². The topological polar surface area (TPSA) is 107 Å². The summed E-state index contributed by atoms with van der Waals surface area (Å²) in [6.07, 6.45) is 7.50. The van der Waals surface area contributed by atoms with Gasteiger partial charge >= 0.3 is 5.69 Å². The molecule has 2 fully saturated rings. The van der Waals surface area contributed by atoms with Gasteiger partial charge in [-0.05, 0) is 43.9 Å². The summed E-state index contributed by atoms with van der Waals surface area (Å²) in [5.41, 5.74) is 2.21. The van der Waals surface area contributed by atoms with Crippen molar-refractivity contribution in [1.29, 1.82) is 0 Å². The number of H-pyrrole nitrogens is 1. The van der Waals surface area contributed by atoms with Gasteiger partial charge in [0.05, 0.1) is 43.8 Å². The van der Waals surface area contributed by atoms with Gasteiger partial charge in [0, 0.05) is 36.8 Å². The van der Waals surface area contributed by atoms with Crippen molar-refractivity contribution in [2.45, 2.75) is 37.8 Å². The molecule has 1 saturated carbocycles. The standard InChI is InChI=1S/C25H28N6O4/c1-33-22-15-27-29-20-7-4-17(14-19(20)22)31-23-21(8-9-26-24(23)28-25(31)32)35-18-5-2-16(3-6-18)30-10-12-34-13-11-30/h4,7-9,14-16,18H,2-3,5-6,10-13H2,1H3,(H,26,28,32)/t16-,18-. The summed E-state index contributed by atoms with van der Waals surface area (Å²) in [5.74, 6) is 1.25. The summed E-state index contributed by atoms with van der Waals surface area (Å²) < 4.78 is 19.1. The number of imidazole rings is 1. The maximum absolute atomic E-state index is 13.0. The Morgan fingerprint density at radius 2 is 1.91 bits per heavy atom. The minimum Gasteiger partial charge on any atom is -0.494 e. The molecular formula is C25H28N6O4. The molecule has 3 aromatic heterocycles. The molecule has 0 bridgehead atoms. The highest BCUT2D eigenvalue weighted by molar-refractivity contribution is 5.87. The van der Waals surface area contributed by atoms with Crippen LogP contribution in [0, 0.1) is 0 Å². The van der Waals surface area contributed by atoms with Crippen LogP contribution in [0.1, 0.15) is 25.7 Å². The third-order valence-electron chi connectivity index (χ3n) is 7.10. The van der Waals surface area contributed by atoms with Crippen LogP contribution in [0.25, 0.3) is 27.8 Å². The van der Waals surface area contributed by atoms with Gasteiger partial charge in [-0.25, -0.2) is 9.78 Å². The maximum atomic E-state index is 13.0. The zero-order chi connectivity index (χ0) is 23.8. The molecule has 4 aromatic rings. The summed E-state index contributed by atoms with van der Waals surface area (Å²) in [6, 6.07) is 7.98. The molecule has 1 aromatic carbocycles. The molecule has 0 atom stereocenters. The Labute approximate surface area is 201 Å². The van der Waals surface area contributed by atoms with Gasteiger partial charge < -0.3 is 14.2 Å². The van der Waals surface area contributed by atoms with E-state index in [-0.39, 0.29) is 11.8 Å². The van der Waals surface area contributed by atoms with E-state index in [1.165, 1.54) is 0 Å². The lowest BCUT2D eigenvalue weighted by atomic mass is 9.91. The second kappa shape index (κ2) is 9.27. The summed E-state index contributed by atoms with van der Waals surface area (Å²) >= 11 is 0. The third-order valence-corrected chi connectivity index (χ3v) is 7.10. The number of nitrogens with zero attached hydrogens (tertiary/aromatic N) is 5. The number of morpholine rings is 1. The van der Waals surface area contributed by atoms with E-state index in [4.69, 9.17) is 14.2 Å². The second-order valence-corrected chi connectivity index (χ2v) is 9.08. The summed E-state index contributed by atoms with van der Waals surface area (Å²) in [7, 11) is 1.59. The molecule has 2 aliphatic rings. The van der Waals surface area contributed by atoms with Crippen molar-refractivity contribution in [3.63, 3.8) is 0 Å². The normalized spacial score (nSPS) is 21.4. The van der Waals surface area contributed by atoms with Crippen LogP contribution < -0.4 is 15.2 Å². The van der Waals surface area contributed by atoms with Gasteiger partial charge in [0.25, 0.3) is 0 Å². The lowest BCUT2D eigenvalue weighted by Crippen LogP contribution is -2.46. The zero-order valence-corrected chi connectivity index (χ0v) is 19.6. The van der Waals surface area contributed by atoms with Gasteiger partial charge in [-0.1, -0.05) is 0 Å². The number of aromatic amines is 1. The van der Waals surface area contributed by atoms with E-state index in [0.29, 0.717) is 39.9 Å². The molecule has 0 unspecified atom stereocenters. The highest BCUT2D eigenvalue weighted by Gasteiger charge is 2.28. The molecule has 1 saturated heterocycles. The SMILES string of the molecule is COc1cnnc2ccc(-n3c(=O)[nH]c4nccc(O[C@H]5CC[C@H](N6CCOCC6)CC5)c43)cc12. The smallest absolute Gasteiger partial charge is 0.332 e. The molecule has 6 rings (SSSR count). The number of methoxy groups -OCH3 is 1. The summed E-state index contributed by atoms with van der Waals surface area (Å²) in [4.78, 5) is 22.8. The van der Waals surface area contributed by atoms with Crippen molar-refractivity contribution >= 4 is 22.1 Å². The van der Waals surface area contributed by atoms with E-state index in [2.05, 4.69) is 25.1 Å². The van der Waals surface area contributed by atoms with Crippen molar-refractivity contribution in [2.75, 3.05) is 33.4 Å². The Hall–Kier alpha value is -3.50. The van der Waals surface area contributed by atoms with E-state index in [9.17, 15) is 4.79 Å². The number of rotatable bonds is 5. The van der Waals surface area contributed by atoms with E-state index >= 15 is 0 Å². The minimum atomic E-state index is -0.278. The molecule has 10 heteroatoms. The number of hydrogen-bond acceptors (Lipinski definition) is 8. The second-order valence-electron chi connectivity index (χ2n) is 9.08. The Kier molecular flexibility index (Phi) is 5.83. The number of ether oxygens (including phenoxy) is 3. The largest absolute Gasteiger partial charge is 0.494 e. The predicted molar refractivity (Wildman–Crippen MR) is 130 cm³/mol. The first-order valence-corrected chi connectivity index (χ1v) is 12.1. The van der Waals surface area contributed by atoms with Crippen LogP contribution in [0.4, 0.5) is 0 Å². The van der Waals surface area contributed by atoms with E-state index < -0.39 is 0 Å². The van der Waals surface area contributed by atoms with Crippen molar-refractivity contribution in [3.8, 4) is 17.2 Å². The first-order valence-electron chi connectivity index (χ1n) is 12.1. The number of benzene rings is 1. The fourth-order valence-electron chi connectivity index (χ4n) is 5.32. The van der Waals surface area contributed by atoms with Crippen molar-refractivity contribution in [1.82, 2.24) is 29.6 Å². The Bertz CT molecular complexity index is 1400. The highest BCUT2D eigenvalue weighted by atomic mass is 16.5. The Morgan fingerprint density at radius 1 is 1.09 bits per heavy atom. The van der Waals surface area contributed by atoms with Crippen molar-refractivity contribution in [3.05, 3.63) is 47.1 Å². The molecular weight excluding hydrogens is 448 g/mol. The minimum absolute atomic E-state index is 0.100. The van der Waals surface area contributed by atoms with E-state index in [0.717, 1.165) is 57.4 Å².